The van der Waals surface area contributed by atoms with Gasteiger partial charge in [0.1, 0.15) is 12.2 Å². The van der Waals surface area contributed by atoms with Crippen molar-refractivity contribution in [2.75, 3.05) is 5.32 Å². The number of nitrogens with one attached hydrogen (secondary N) is 1. The molecule has 0 saturated carbocycles. The summed E-state index contributed by atoms with van der Waals surface area (Å²) in [4.78, 5) is 27.1. The minimum Gasteiger partial charge on any atom is -0.477 e. The average Bonchev–Trinajstić information content (AvgIpc) is 2.97. The molecule has 0 aliphatic rings. The molecule has 7 heteroatoms. The molecule has 0 fully saturated rings. The second-order valence-electron chi connectivity index (χ2n) is 4.61. The molecule has 0 radical (unpaired) electrons. The Morgan fingerprint density at radius 2 is 2.25 bits per heavy atom. The Hall–Kier alpha value is -2.15. The molecule has 0 atom stereocenters. The lowest BCUT2D eigenvalue weighted by atomic mass is 10.2. The van der Waals surface area contributed by atoms with Gasteiger partial charge in [-0.25, -0.2) is 9.78 Å². The molecule has 0 aliphatic heterocycles. The highest BCUT2D eigenvalue weighted by atomic mass is 32.1. The molecule has 1 amide bonds. The maximum atomic E-state index is 11.9. The standard InChI is InChI=1S/C13H15N3O3S/c1-8(2)9-7-20-13(14-9)15-11(17)6-16-5-3-4-10(16)12(18)19/h3-5,7-8H,6H2,1-2H3,(H,18,19)(H,14,15,17). The molecular weight excluding hydrogens is 278 g/mol. The quantitative estimate of drug-likeness (QED) is 0.886. The summed E-state index contributed by atoms with van der Waals surface area (Å²) >= 11 is 1.36. The number of carbonyl (C=O) groups is 2. The Bertz CT molecular complexity index is 630. The summed E-state index contributed by atoms with van der Waals surface area (Å²) in [6, 6.07) is 3.05. The van der Waals surface area contributed by atoms with Crippen LogP contribution in [-0.4, -0.2) is 26.5 Å². The largest absolute Gasteiger partial charge is 0.477 e. The first-order chi connectivity index (χ1) is 9.47. The van der Waals surface area contributed by atoms with E-state index in [-0.39, 0.29) is 18.1 Å². The molecule has 0 saturated heterocycles. The van der Waals surface area contributed by atoms with E-state index in [0.29, 0.717) is 11.0 Å². The van der Waals surface area contributed by atoms with Crippen LogP contribution in [0.3, 0.4) is 0 Å². The molecule has 2 aromatic heterocycles. The molecule has 0 spiro atoms. The van der Waals surface area contributed by atoms with E-state index < -0.39 is 5.97 Å². The topological polar surface area (TPSA) is 84.2 Å². The number of rotatable bonds is 5. The number of aromatic carboxylic acids is 1. The lowest BCUT2D eigenvalue weighted by molar-refractivity contribution is -0.116. The van der Waals surface area contributed by atoms with Gasteiger partial charge in [0.2, 0.25) is 5.91 Å². The normalized spacial score (nSPS) is 10.8. The summed E-state index contributed by atoms with van der Waals surface area (Å²) in [6.07, 6.45) is 1.56. The van der Waals surface area contributed by atoms with Gasteiger partial charge in [-0.3, -0.25) is 4.79 Å². The number of amides is 1. The predicted octanol–water partition coefficient (Wildman–Crippen LogP) is 2.40. The van der Waals surface area contributed by atoms with Crippen LogP contribution < -0.4 is 5.32 Å². The number of thiazole rings is 1. The SMILES string of the molecule is CC(C)c1csc(NC(=O)Cn2cccc2C(=O)O)n1. The first-order valence-corrected chi connectivity index (χ1v) is 6.99. The number of carboxylic acid groups (broad SMARTS) is 1. The molecule has 2 aromatic rings. The van der Waals surface area contributed by atoms with E-state index in [0.717, 1.165) is 5.69 Å². The molecule has 2 rings (SSSR count). The third kappa shape index (κ3) is 3.24. The molecule has 20 heavy (non-hydrogen) atoms. The van der Waals surface area contributed by atoms with Crippen LogP contribution >= 0.6 is 11.3 Å². The van der Waals surface area contributed by atoms with Crippen molar-refractivity contribution in [1.82, 2.24) is 9.55 Å². The monoisotopic (exact) mass is 293 g/mol. The maximum Gasteiger partial charge on any atom is 0.352 e. The molecule has 2 N–H and O–H groups in total. The van der Waals surface area contributed by atoms with Gasteiger partial charge in [-0.15, -0.1) is 11.3 Å². The molecule has 0 bridgehead atoms. The van der Waals surface area contributed by atoms with Crippen LogP contribution in [0.5, 0.6) is 0 Å². The molecular formula is C13H15N3O3S. The van der Waals surface area contributed by atoms with Crippen molar-refractivity contribution in [3.63, 3.8) is 0 Å². The number of anilines is 1. The van der Waals surface area contributed by atoms with Crippen molar-refractivity contribution < 1.29 is 14.7 Å². The zero-order chi connectivity index (χ0) is 14.7. The van der Waals surface area contributed by atoms with Gasteiger partial charge in [-0.05, 0) is 18.1 Å². The van der Waals surface area contributed by atoms with Crippen molar-refractivity contribution >= 4 is 28.3 Å². The van der Waals surface area contributed by atoms with Gasteiger partial charge in [0.15, 0.2) is 5.13 Å². The zero-order valence-corrected chi connectivity index (χ0v) is 12.0. The highest BCUT2D eigenvalue weighted by molar-refractivity contribution is 7.13. The number of nitrogens with zero attached hydrogens (tertiary/aromatic N) is 2. The third-order valence-electron chi connectivity index (χ3n) is 2.72. The highest BCUT2D eigenvalue weighted by Gasteiger charge is 2.13. The molecule has 2 heterocycles. The minimum absolute atomic E-state index is 0.0504. The zero-order valence-electron chi connectivity index (χ0n) is 11.2. The van der Waals surface area contributed by atoms with E-state index in [2.05, 4.69) is 10.3 Å². The Morgan fingerprint density at radius 3 is 2.85 bits per heavy atom. The van der Waals surface area contributed by atoms with Crippen molar-refractivity contribution in [3.05, 3.63) is 35.1 Å². The predicted molar refractivity (Wildman–Crippen MR) is 76.2 cm³/mol. The Morgan fingerprint density at radius 1 is 1.50 bits per heavy atom. The average molecular weight is 293 g/mol. The smallest absolute Gasteiger partial charge is 0.352 e. The molecule has 0 aliphatic carbocycles. The van der Waals surface area contributed by atoms with Gasteiger partial charge in [-0.1, -0.05) is 13.8 Å². The number of carboxylic acids is 1. The Balaban J connectivity index is 2.01. The molecule has 6 nitrogen and oxygen atoms in total. The Kier molecular flexibility index (Phi) is 4.19. The number of hydrogen-bond donors (Lipinski definition) is 2. The molecule has 0 unspecified atom stereocenters. The lowest BCUT2D eigenvalue weighted by Crippen LogP contribution is -2.20. The number of aromatic nitrogens is 2. The van der Waals surface area contributed by atoms with Crippen LogP contribution in [0.25, 0.3) is 0 Å². The van der Waals surface area contributed by atoms with Crippen molar-refractivity contribution in [3.8, 4) is 0 Å². The van der Waals surface area contributed by atoms with Crippen LogP contribution in [0.15, 0.2) is 23.7 Å². The van der Waals surface area contributed by atoms with E-state index in [1.807, 2.05) is 19.2 Å². The summed E-state index contributed by atoms with van der Waals surface area (Å²) in [7, 11) is 0. The van der Waals surface area contributed by atoms with Gasteiger partial charge >= 0.3 is 5.97 Å². The highest BCUT2D eigenvalue weighted by Crippen LogP contribution is 2.21. The second-order valence-corrected chi connectivity index (χ2v) is 5.46. The maximum absolute atomic E-state index is 11.9. The van der Waals surface area contributed by atoms with Crippen LogP contribution in [0.2, 0.25) is 0 Å². The van der Waals surface area contributed by atoms with E-state index in [4.69, 9.17) is 5.11 Å². The minimum atomic E-state index is -1.06. The first kappa shape index (κ1) is 14.3. The van der Waals surface area contributed by atoms with Crippen LogP contribution in [0.1, 0.15) is 35.9 Å². The van der Waals surface area contributed by atoms with E-state index in [9.17, 15) is 9.59 Å². The van der Waals surface area contributed by atoms with Gasteiger partial charge in [-0.2, -0.15) is 0 Å². The number of carbonyl (C=O) groups excluding carboxylic acids is 1. The number of hydrogen-bond acceptors (Lipinski definition) is 4. The van der Waals surface area contributed by atoms with Gasteiger partial charge < -0.3 is 15.0 Å². The fraction of sp³-hybridized carbons (Fsp3) is 0.308. The van der Waals surface area contributed by atoms with E-state index >= 15 is 0 Å². The van der Waals surface area contributed by atoms with Gasteiger partial charge in [0.05, 0.1) is 5.69 Å². The molecule has 0 aromatic carbocycles. The van der Waals surface area contributed by atoms with Crippen molar-refractivity contribution in [2.24, 2.45) is 0 Å². The second kappa shape index (κ2) is 5.87. The van der Waals surface area contributed by atoms with Crippen LogP contribution in [-0.2, 0) is 11.3 Å². The van der Waals surface area contributed by atoms with Gasteiger partial charge in [0, 0.05) is 11.6 Å². The van der Waals surface area contributed by atoms with Crippen molar-refractivity contribution in [2.45, 2.75) is 26.3 Å². The fourth-order valence-corrected chi connectivity index (χ4v) is 2.56. The Labute approximate surface area is 120 Å². The molecule has 106 valence electrons. The lowest BCUT2D eigenvalue weighted by Gasteiger charge is -2.05. The van der Waals surface area contributed by atoms with E-state index in [1.54, 1.807) is 12.3 Å². The summed E-state index contributed by atoms with van der Waals surface area (Å²) in [6.45, 7) is 4.00. The fourth-order valence-electron chi connectivity index (χ4n) is 1.67. The third-order valence-corrected chi connectivity index (χ3v) is 3.50. The van der Waals surface area contributed by atoms with Crippen molar-refractivity contribution in [1.29, 1.82) is 0 Å². The van der Waals surface area contributed by atoms with Gasteiger partial charge in [0.25, 0.3) is 0 Å². The summed E-state index contributed by atoms with van der Waals surface area (Å²) in [5.41, 5.74) is 1.01. The summed E-state index contributed by atoms with van der Waals surface area (Å²) < 4.78 is 1.38. The van der Waals surface area contributed by atoms with Crippen LogP contribution in [0, 0.1) is 0 Å². The first-order valence-electron chi connectivity index (χ1n) is 6.11. The van der Waals surface area contributed by atoms with E-state index in [1.165, 1.54) is 22.0 Å². The van der Waals surface area contributed by atoms with Crippen LogP contribution in [0.4, 0.5) is 5.13 Å². The summed E-state index contributed by atoms with van der Waals surface area (Å²) in [5, 5.41) is 14.1. The summed E-state index contributed by atoms with van der Waals surface area (Å²) in [5.74, 6) is -1.05.